The number of ether oxygens (including phenoxy) is 1. The number of aliphatic carboxylic acids is 1. The highest BCUT2D eigenvalue weighted by molar-refractivity contribution is 9.10. The Morgan fingerprint density at radius 3 is 2.58 bits per heavy atom. The standard InChI is InChI=1S/C25H19BrN4O5S/c26-17-9-11-18(12-10-17)30-24(34)19-6-2-3-7-20(19)28-25(30)36-15-22(31)29-27-13-16-5-1-4-8-21(16)35-14-23(32)33/h1-13H,14-15H2,(H,29,31)(H,32,33)/b27-13+. The number of hydrogen-bond donors (Lipinski definition) is 2. The molecule has 4 rings (SSSR count). The number of thioether (sulfide) groups is 1. The zero-order valence-electron chi connectivity index (χ0n) is 18.6. The van der Waals surface area contributed by atoms with Gasteiger partial charge in [0, 0.05) is 10.0 Å². The fraction of sp³-hybridized carbons (Fsp3) is 0.0800. The van der Waals surface area contributed by atoms with E-state index in [0.29, 0.717) is 33.1 Å². The molecule has 0 bridgehead atoms. The van der Waals surface area contributed by atoms with Gasteiger partial charge in [-0.05, 0) is 48.5 Å². The van der Waals surface area contributed by atoms with Crippen molar-refractivity contribution in [3.63, 3.8) is 0 Å². The smallest absolute Gasteiger partial charge is 0.341 e. The van der Waals surface area contributed by atoms with Gasteiger partial charge in [0.1, 0.15) is 5.75 Å². The van der Waals surface area contributed by atoms with Gasteiger partial charge in [0.15, 0.2) is 11.8 Å². The van der Waals surface area contributed by atoms with E-state index in [0.717, 1.165) is 16.2 Å². The number of carboxylic acid groups (broad SMARTS) is 1. The van der Waals surface area contributed by atoms with Crippen molar-refractivity contribution in [1.29, 1.82) is 0 Å². The molecule has 0 radical (unpaired) electrons. The van der Waals surface area contributed by atoms with Crippen molar-refractivity contribution in [3.05, 3.63) is 93.2 Å². The number of nitrogens with zero attached hydrogens (tertiary/aromatic N) is 3. The fourth-order valence-corrected chi connectivity index (χ4v) is 4.29. The van der Waals surface area contributed by atoms with Crippen LogP contribution in [0.4, 0.5) is 0 Å². The maximum atomic E-state index is 13.3. The highest BCUT2D eigenvalue weighted by atomic mass is 79.9. The van der Waals surface area contributed by atoms with Crippen molar-refractivity contribution in [1.82, 2.24) is 15.0 Å². The number of para-hydroxylation sites is 2. The highest BCUT2D eigenvalue weighted by Gasteiger charge is 2.15. The summed E-state index contributed by atoms with van der Waals surface area (Å²) >= 11 is 4.50. The van der Waals surface area contributed by atoms with Crippen molar-refractivity contribution in [2.45, 2.75) is 5.16 Å². The molecule has 0 unspecified atom stereocenters. The molecule has 3 aromatic carbocycles. The first-order valence-electron chi connectivity index (χ1n) is 10.6. The van der Waals surface area contributed by atoms with Gasteiger partial charge in [0.25, 0.3) is 11.5 Å². The molecule has 1 amide bonds. The molecule has 11 heteroatoms. The predicted molar refractivity (Wildman–Crippen MR) is 141 cm³/mol. The molecular weight excluding hydrogens is 548 g/mol. The van der Waals surface area contributed by atoms with Gasteiger partial charge in [-0.2, -0.15) is 5.10 Å². The van der Waals surface area contributed by atoms with Crippen molar-refractivity contribution >= 4 is 56.7 Å². The molecule has 0 spiro atoms. The maximum absolute atomic E-state index is 13.3. The predicted octanol–water partition coefficient (Wildman–Crippen LogP) is 3.85. The Balaban J connectivity index is 1.50. The van der Waals surface area contributed by atoms with Gasteiger partial charge in [0.2, 0.25) is 0 Å². The van der Waals surface area contributed by atoms with Crippen LogP contribution in [0.2, 0.25) is 0 Å². The second kappa shape index (κ2) is 11.6. The topological polar surface area (TPSA) is 123 Å². The SMILES string of the molecule is O=C(O)COc1ccccc1/C=N/NC(=O)CSc1nc2ccccc2c(=O)n1-c1ccc(Br)cc1. The lowest BCUT2D eigenvalue weighted by atomic mass is 10.2. The normalized spacial score (nSPS) is 11.0. The summed E-state index contributed by atoms with van der Waals surface area (Å²) in [6.07, 6.45) is 1.37. The number of rotatable bonds is 9. The number of carbonyl (C=O) groups excluding carboxylic acids is 1. The first-order valence-corrected chi connectivity index (χ1v) is 12.4. The zero-order valence-corrected chi connectivity index (χ0v) is 21.0. The summed E-state index contributed by atoms with van der Waals surface area (Å²) in [7, 11) is 0. The number of hydrogen-bond acceptors (Lipinski definition) is 7. The van der Waals surface area contributed by atoms with Gasteiger partial charge in [-0.1, -0.05) is 52.0 Å². The maximum Gasteiger partial charge on any atom is 0.341 e. The lowest BCUT2D eigenvalue weighted by molar-refractivity contribution is -0.139. The van der Waals surface area contributed by atoms with E-state index in [-0.39, 0.29) is 11.3 Å². The van der Waals surface area contributed by atoms with Crippen LogP contribution in [0, 0.1) is 0 Å². The van der Waals surface area contributed by atoms with E-state index in [4.69, 9.17) is 9.84 Å². The number of nitrogens with one attached hydrogen (secondary N) is 1. The van der Waals surface area contributed by atoms with Crippen LogP contribution >= 0.6 is 27.7 Å². The number of carboxylic acids is 1. The Labute approximate surface area is 217 Å². The van der Waals surface area contributed by atoms with Gasteiger partial charge in [-0.15, -0.1) is 0 Å². The minimum atomic E-state index is -1.10. The van der Waals surface area contributed by atoms with E-state index < -0.39 is 18.5 Å². The molecule has 9 nitrogen and oxygen atoms in total. The van der Waals surface area contributed by atoms with E-state index >= 15 is 0 Å². The molecule has 1 heterocycles. The van der Waals surface area contributed by atoms with E-state index in [1.165, 1.54) is 10.8 Å². The van der Waals surface area contributed by atoms with Crippen LogP contribution in [0.15, 0.2) is 92.3 Å². The van der Waals surface area contributed by atoms with E-state index in [1.54, 1.807) is 60.7 Å². The molecule has 0 aliphatic heterocycles. The largest absolute Gasteiger partial charge is 0.481 e. The molecule has 1 aromatic heterocycles. The first kappa shape index (κ1) is 25.1. The van der Waals surface area contributed by atoms with Crippen LogP contribution in [0.3, 0.4) is 0 Å². The summed E-state index contributed by atoms with van der Waals surface area (Å²) < 4.78 is 7.57. The average Bonchev–Trinajstić information content (AvgIpc) is 2.88. The van der Waals surface area contributed by atoms with Gasteiger partial charge in [-0.25, -0.2) is 15.2 Å². The summed E-state index contributed by atoms with van der Waals surface area (Å²) in [5, 5.41) is 13.6. The Morgan fingerprint density at radius 2 is 1.81 bits per heavy atom. The highest BCUT2D eigenvalue weighted by Crippen LogP contribution is 2.22. The summed E-state index contributed by atoms with van der Waals surface area (Å²) in [5.74, 6) is -1.23. The van der Waals surface area contributed by atoms with Crippen LogP contribution in [-0.4, -0.2) is 45.1 Å². The lowest BCUT2D eigenvalue weighted by Gasteiger charge is -2.13. The minimum Gasteiger partial charge on any atom is -0.481 e. The molecule has 0 saturated carbocycles. The van der Waals surface area contributed by atoms with E-state index in [1.807, 2.05) is 12.1 Å². The summed E-state index contributed by atoms with van der Waals surface area (Å²) in [5.41, 5.74) is 3.86. The number of aromatic nitrogens is 2. The van der Waals surface area contributed by atoms with Gasteiger partial charge >= 0.3 is 5.97 Å². The second-order valence-electron chi connectivity index (χ2n) is 7.33. The number of amides is 1. The second-order valence-corrected chi connectivity index (χ2v) is 9.19. The van der Waals surface area contributed by atoms with E-state index in [2.05, 4.69) is 31.4 Å². The fourth-order valence-electron chi connectivity index (χ4n) is 3.22. The van der Waals surface area contributed by atoms with Crippen LogP contribution in [-0.2, 0) is 9.59 Å². The van der Waals surface area contributed by atoms with Crippen LogP contribution in [0.5, 0.6) is 5.75 Å². The molecule has 0 saturated heterocycles. The average molecular weight is 567 g/mol. The van der Waals surface area contributed by atoms with Crippen molar-refractivity contribution in [3.8, 4) is 11.4 Å². The Kier molecular flexibility index (Phi) is 8.13. The molecule has 0 fully saturated rings. The van der Waals surface area contributed by atoms with Crippen LogP contribution in [0.1, 0.15) is 5.56 Å². The summed E-state index contributed by atoms with van der Waals surface area (Å²) in [4.78, 5) is 41.1. The third-order valence-electron chi connectivity index (χ3n) is 4.83. The van der Waals surface area contributed by atoms with E-state index in [9.17, 15) is 14.4 Å². The molecule has 0 atom stereocenters. The summed E-state index contributed by atoms with van der Waals surface area (Å²) in [6.45, 7) is -0.493. The summed E-state index contributed by atoms with van der Waals surface area (Å²) in [6, 6.07) is 21.0. The van der Waals surface area contributed by atoms with Crippen molar-refractivity contribution < 1.29 is 19.4 Å². The van der Waals surface area contributed by atoms with Gasteiger partial charge in [0.05, 0.1) is 28.6 Å². The third-order valence-corrected chi connectivity index (χ3v) is 6.29. The molecular formula is C25H19BrN4O5S. The number of fused-ring (bicyclic) bond motifs is 1. The van der Waals surface area contributed by atoms with Crippen molar-refractivity contribution in [2.75, 3.05) is 12.4 Å². The number of carbonyl (C=O) groups is 2. The van der Waals surface area contributed by atoms with Gasteiger partial charge in [-0.3, -0.25) is 14.2 Å². The number of halogens is 1. The monoisotopic (exact) mass is 566 g/mol. The number of benzene rings is 3. The van der Waals surface area contributed by atoms with Gasteiger partial charge < -0.3 is 9.84 Å². The molecule has 0 aliphatic carbocycles. The molecule has 4 aromatic rings. The molecule has 0 aliphatic rings. The Bertz CT molecular complexity index is 1500. The molecule has 182 valence electrons. The molecule has 36 heavy (non-hydrogen) atoms. The first-order chi connectivity index (χ1) is 17.4. The van der Waals surface area contributed by atoms with Crippen LogP contribution < -0.4 is 15.7 Å². The third kappa shape index (κ3) is 6.18. The zero-order chi connectivity index (χ0) is 25.5. The van der Waals surface area contributed by atoms with Crippen molar-refractivity contribution in [2.24, 2.45) is 5.10 Å². The number of hydrazone groups is 1. The lowest BCUT2D eigenvalue weighted by Crippen LogP contribution is -2.24. The quantitative estimate of drug-likeness (QED) is 0.136. The minimum absolute atomic E-state index is 0.0458. The molecule has 2 N–H and O–H groups in total. The van der Waals surface area contributed by atoms with Crippen LogP contribution in [0.25, 0.3) is 16.6 Å². The Hall–Kier alpha value is -3.96. The Morgan fingerprint density at radius 1 is 1.08 bits per heavy atom.